The first-order valence-corrected chi connectivity index (χ1v) is 7.62. The minimum absolute atomic E-state index is 0.490. The highest BCUT2D eigenvalue weighted by Gasteiger charge is 2.14. The van der Waals surface area contributed by atoms with Crippen molar-refractivity contribution in [3.63, 3.8) is 0 Å². The first-order chi connectivity index (χ1) is 8.03. The van der Waals surface area contributed by atoms with Crippen LogP contribution < -0.4 is 10.0 Å². The maximum Gasteiger partial charge on any atom is 0.229 e. The van der Waals surface area contributed by atoms with E-state index in [0.29, 0.717) is 11.7 Å². The van der Waals surface area contributed by atoms with E-state index in [1.165, 1.54) is 31.9 Å². The summed E-state index contributed by atoms with van der Waals surface area (Å²) in [7, 11) is -3.22. The molecule has 0 aliphatic heterocycles. The van der Waals surface area contributed by atoms with Crippen LogP contribution in [0.5, 0.6) is 0 Å². The summed E-state index contributed by atoms with van der Waals surface area (Å²) >= 11 is 0. The van der Waals surface area contributed by atoms with Crippen LogP contribution in [0.4, 0.5) is 11.5 Å². The molecule has 1 aromatic rings. The zero-order valence-corrected chi connectivity index (χ0v) is 10.6. The van der Waals surface area contributed by atoms with Gasteiger partial charge < -0.3 is 5.32 Å². The molecule has 1 aliphatic carbocycles. The van der Waals surface area contributed by atoms with Gasteiger partial charge >= 0.3 is 0 Å². The molecule has 1 heterocycles. The van der Waals surface area contributed by atoms with E-state index in [9.17, 15) is 8.42 Å². The van der Waals surface area contributed by atoms with Crippen LogP contribution in [-0.2, 0) is 10.0 Å². The molecule has 0 amide bonds. The van der Waals surface area contributed by atoms with E-state index >= 15 is 0 Å². The van der Waals surface area contributed by atoms with E-state index < -0.39 is 10.0 Å². The Morgan fingerprint density at radius 2 is 2.00 bits per heavy atom. The highest BCUT2D eigenvalue weighted by Crippen LogP contribution is 2.21. The lowest BCUT2D eigenvalue weighted by Gasteiger charge is -2.12. The molecule has 1 aromatic heterocycles. The van der Waals surface area contributed by atoms with Crippen LogP contribution in [0.15, 0.2) is 18.3 Å². The Kier molecular flexibility index (Phi) is 3.51. The Bertz CT molecular complexity index is 464. The topological polar surface area (TPSA) is 71.1 Å². The van der Waals surface area contributed by atoms with Crippen molar-refractivity contribution in [3.8, 4) is 0 Å². The van der Waals surface area contributed by atoms with Crippen molar-refractivity contribution in [1.82, 2.24) is 4.98 Å². The molecular formula is C11H17N3O2S. The van der Waals surface area contributed by atoms with Crippen molar-refractivity contribution in [1.29, 1.82) is 0 Å². The Hall–Kier alpha value is -1.30. The van der Waals surface area contributed by atoms with Gasteiger partial charge in [0, 0.05) is 6.04 Å². The molecule has 6 heteroatoms. The number of nitrogens with one attached hydrogen (secondary N) is 2. The molecule has 0 spiro atoms. The van der Waals surface area contributed by atoms with Crippen LogP contribution >= 0.6 is 0 Å². The van der Waals surface area contributed by atoms with Crippen molar-refractivity contribution in [2.24, 2.45) is 0 Å². The van der Waals surface area contributed by atoms with Gasteiger partial charge in [-0.2, -0.15) is 0 Å². The fraction of sp³-hybridized carbons (Fsp3) is 0.545. The molecule has 2 N–H and O–H groups in total. The Labute approximate surface area is 102 Å². The van der Waals surface area contributed by atoms with E-state index in [1.54, 1.807) is 12.1 Å². The normalized spacial score (nSPS) is 17.0. The summed E-state index contributed by atoms with van der Waals surface area (Å²) in [6, 6.07) is 4.02. The van der Waals surface area contributed by atoms with Crippen LogP contribution in [0.3, 0.4) is 0 Å². The molecule has 1 aliphatic rings. The van der Waals surface area contributed by atoms with Crippen LogP contribution in [0.25, 0.3) is 0 Å². The molecule has 0 saturated heterocycles. The summed E-state index contributed by atoms with van der Waals surface area (Å²) in [5, 5.41) is 3.34. The summed E-state index contributed by atoms with van der Waals surface area (Å²) in [6.07, 6.45) is 7.56. The Morgan fingerprint density at radius 3 is 2.53 bits per heavy atom. The standard InChI is InChI=1S/C11H17N3O2S/c1-17(15,16)14-10-6-7-11(12-8-10)13-9-4-2-3-5-9/h6-9,14H,2-5H2,1H3,(H,12,13). The minimum atomic E-state index is -3.22. The molecule has 0 bridgehead atoms. The average molecular weight is 255 g/mol. The van der Waals surface area contributed by atoms with E-state index in [1.807, 2.05) is 0 Å². The second-order valence-corrected chi connectivity index (χ2v) is 6.18. The van der Waals surface area contributed by atoms with E-state index in [2.05, 4.69) is 15.0 Å². The smallest absolute Gasteiger partial charge is 0.229 e. The van der Waals surface area contributed by atoms with E-state index in [-0.39, 0.29) is 0 Å². The number of sulfonamides is 1. The van der Waals surface area contributed by atoms with Gasteiger partial charge in [0.05, 0.1) is 18.1 Å². The van der Waals surface area contributed by atoms with Gasteiger partial charge in [-0.15, -0.1) is 0 Å². The summed E-state index contributed by atoms with van der Waals surface area (Å²) in [5.41, 5.74) is 0.490. The number of nitrogens with zero attached hydrogens (tertiary/aromatic N) is 1. The third-order valence-corrected chi connectivity index (χ3v) is 3.38. The average Bonchev–Trinajstić information content (AvgIpc) is 2.71. The van der Waals surface area contributed by atoms with Gasteiger partial charge in [-0.3, -0.25) is 4.72 Å². The van der Waals surface area contributed by atoms with E-state index in [4.69, 9.17) is 0 Å². The van der Waals surface area contributed by atoms with Crippen molar-refractivity contribution in [2.45, 2.75) is 31.7 Å². The van der Waals surface area contributed by atoms with E-state index in [0.717, 1.165) is 12.1 Å². The molecule has 5 nitrogen and oxygen atoms in total. The van der Waals surface area contributed by atoms with Crippen molar-refractivity contribution in [2.75, 3.05) is 16.3 Å². The van der Waals surface area contributed by atoms with Crippen LogP contribution in [0.1, 0.15) is 25.7 Å². The number of hydrogen-bond acceptors (Lipinski definition) is 4. The number of aromatic nitrogens is 1. The monoisotopic (exact) mass is 255 g/mol. The van der Waals surface area contributed by atoms with Gasteiger partial charge in [-0.25, -0.2) is 13.4 Å². The van der Waals surface area contributed by atoms with Crippen LogP contribution in [0, 0.1) is 0 Å². The van der Waals surface area contributed by atoms with Gasteiger partial charge in [0.1, 0.15) is 5.82 Å². The third-order valence-electron chi connectivity index (χ3n) is 2.77. The second kappa shape index (κ2) is 4.91. The van der Waals surface area contributed by atoms with Gasteiger partial charge in [0.15, 0.2) is 0 Å². The zero-order chi connectivity index (χ0) is 12.3. The third kappa shape index (κ3) is 3.89. The van der Waals surface area contributed by atoms with Crippen molar-refractivity contribution in [3.05, 3.63) is 18.3 Å². The minimum Gasteiger partial charge on any atom is -0.367 e. The second-order valence-electron chi connectivity index (χ2n) is 4.43. The zero-order valence-electron chi connectivity index (χ0n) is 9.81. The molecule has 2 rings (SSSR count). The van der Waals surface area contributed by atoms with Crippen molar-refractivity contribution < 1.29 is 8.42 Å². The number of rotatable bonds is 4. The molecular weight excluding hydrogens is 238 g/mol. The molecule has 0 aromatic carbocycles. The SMILES string of the molecule is CS(=O)(=O)Nc1ccc(NC2CCCC2)nc1. The maximum absolute atomic E-state index is 11.0. The first kappa shape index (κ1) is 12.2. The van der Waals surface area contributed by atoms with Crippen LogP contribution in [0.2, 0.25) is 0 Å². The Morgan fingerprint density at radius 1 is 1.29 bits per heavy atom. The van der Waals surface area contributed by atoms with Crippen LogP contribution in [-0.4, -0.2) is 25.7 Å². The van der Waals surface area contributed by atoms with Gasteiger partial charge in [-0.05, 0) is 25.0 Å². The summed E-state index contributed by atoms with van der Waals surface area (Å²) < 4.78 is 24.4. The summed E-state index contributed by atoms with van der Waals surface area (Å²) in [5.74, 6) is 0.802. The first-order valence-electron chi connectivity index (χ1n) is 5.73. The molecule has 0 unspecified atom stereocenters. The fourth-order valence-electron chi connectivity index (χ4n) is 2.03. The predicted molar refractivity (Wildman–Crippen MR) is 68.6 cm³/mol. The highest BCUT2D eigenvalue weighted by molar-refractivity contribution is 7.92. The largest absolute Gasteiger partial charge is 0.367 e. The lowest BCUT2D eigenvalue weighted by Crippen LogP contribution is -2.15. The quantitative estimate of drug-likeness (QED) is 0.860. The molecule has 0 radical (unpaired) electrons. The number of pyridine rings is 1. The number of anilines is 2. The summed E-state index contributed by atoms with van der Waals surface area (Å²) in [4.78, 5) is 4.19. The molecule has 1 saturated carbocycles. The Balaban J connectivity index is 1.97. The maximum atomic E-state index is 11.0. The molecule has 0 atom stereocenters. The molecule has 1 fully saturated rings. The predicted octanol–water partition coefficient (Wildman–Crippen LogP) is 1.81. The summed E-state index contributed by atoms with van der Waals surface area (Å²) in [6.45, 7) is 0. The van der Waals surface area contributed by atoms with Crippen molar-refractivity contribution >= 4 is 21.5 Å². The fourth-order valence-corrected chi connectivity index (χ4v) is 2.58. The van der Waals surface area contributed by atoms with Gasteiger partial charge in [-0.1, -0.05) is 12.8 Å². The highest BCUT2D eigenvalue weighted by atomic mass is 32.2. The molecule has 94 valence electrons. The molecule has 17 heavy (non-hydrogen) atoms. The van der Waals surface area contributed by atoms with Gasteiger partial charge in [0.2, 0.25) is 10.0 Å². The lowest BCUT2D eigenvalue weighted by molar-refractivity contribution is 0.607. The van der Waals surface area contributed by atoms with Gasteiger partial charge in [0.25, 0.3) is 0 Å². The lowest BCUT2D eigenvalue weighted by atomic mass is 10.2. The number of hydrogen-bond donors (Lipinski definition) is 2.